The molecule has 1 saturated heterocycles. The lowest BCUT2D eigenvalue weighted by molar-refractivity contribution is -0.858. The van der Waals surface area contributed by atoms with Gasteiger partial charge in [-0.3, -0.25) is 4.79 Å². The number of benzene rings is 1. The lowest BCUT2D eigenvalue weighted by Gasteiger charge is -2.26. The van der Waals surface area contributed by atoms with Gasteiger partial charge in [0.25, 0.3) is 5.91 Å². The zero-order valence-electron chi connectivity index (χ0n) is 14.5. The highest BCUT2D eigenvalue weighted by Gasteiger charge is 2.27. The Labute approximate surface area is 147 Å². The van der Waals surface area contributed by atoms with Crippen molar-refractivity contribution in [1.29, 1.82) is 0 Å². The van der Waals surface area contributed by atoms with Crippen molar-refractivity contribution in [3.8, 4) is 0 Å². The molecule has 1 aliphatic rings. The molecule has 0 radical (unpaired) electrons. The summed E-state index contributed by atoms with van der Waals surface area (Å²) in [4.78, 5) is 13.3. The molecule has 0 bridgehead atoms. The molecule has 0 unspecified atom stereocenters. The van der Waals surface area contributed by atoms with Crippen LogP contribution in [0.25, 0.3) is 0 Å². The molecule has 0 spiro atoms. The Morgan fingerprint density at radius 3 is 2.64 bits per heavy atom. The van der Waals surface area contributed by atoms with Gasteiger partial charge in [-0.05, 0) is 18.2 Å². The molecule has 1 heterocycles. The number of morpholine rings is 1. The maximum absolute atomic E-state index is 14.0. The highest BCUT2D eigenvalue weighted by molar-refractivity contribution is 7.89. The van der Waals surface area contributed by atoms with E-state index in [1.54, 1.807) is 0 Å². The summed E-state index contributed by atoms with van der Waals surface area (Å²) < 4.78 is 45.7. The number of hydrogen-bond acceptors (Lipinski definition) is 4. The number of halogens is 1. The molecule has 7 nitrogen and oxygen atoms in total. The topological polar surface area (TPSA) is 80.2 Å². The van der Waals surface area contributed by atoms with Crippen LogP contribution in [0.1, 0.15) is 16.8 Å². The first kappa shape index (κ1) is 19.8. The summed E-state index contributed by atoms with van der Waals surface area (Å²) in [7, 11) is 0.235. The van der Waals surface area contributed by atoms with Crippen LogP contribution in [0.5, 0.6) is 0 Å². The molecule has 1 fully saturated rings. The van der Waals surface area contributed by atoms with Crippen molar-refractivity contribution < 1.29 is 27.2 Å². The summed E-state index contributed by atoms with van der Waals surface area (Å²) >= 11 is 0. The fraction of sp³-hybridized carbons (Fsp3) is 0.562. The average molecular weight is 374 g/mol. The highest BCUT2D eigenvalue weighted by atomic mass is 32.2. The third-order valence-corrected chi connectivity index (χ3v) is 5.82. The highest BCUT2D eigenvalue weighted by Crippen LogP contribution is 2.20. The number of sulfonamides is 1. The third kappa shape index (κ3) is 5.21. The first-order chi connectivity index (χ1) is 11.8. The Balaban J connectivity index is 2.12. The number of nitrogens with zero attached hydrogens (tertiary/aromatic N) is 1. The van der Waals surface area contributed by atoms with E-state index in [0.717, 1.165) is 25.1 Å². The van der Waals surface area contributed by atoms with E-state index in [-0.39, 0.29) is 23.5 Å². The summed E-state index contributed by atoms with van der Waals surface area (Å²) in [5, 5.41) is 2.63. The standard InChI is InChI=1S/C16H24FN3O4S/c1-19(2)7-3-6-18-16(21)14-12-13(4-5-15(14)17)25(22,23)20-8-10-24-11-9-20/h4-5,12H,3,6-11H2,1-2H3,(H,18,21)/p+1. The van der Waals surface area contributed by atoms with Crippen molar-refractivity contribution in [2.24, 2.45) is 0 Å². The second-order valence-electron chi connectivity index (χ2n) is 6.22. The molecule has 0 saturated carbocycles. The van der Waals surface area contributed by atoms with Crippen molar-refractivity contribution in [2.75, 3.05) is 53.5 Å². The van der Waals surface area contributed by atoms with Crippen LogP contribution < -0.4 is 10.2 Å². The van der Waals surface area contributed by atoms with Gasteiger partial charge in [-0.15, -0.1) is 0 Å². The lowest BCUT2D eigenvalue weighted by Crippen LogP contribution is -3.05. The number of carbonyl (C=O) groups excluding carboxylic acids is 1. The van der Waals surface area contributed by atoms with Gasteiger partial charge in [0.15, 0.2) is 0 Å². The summed E-state index contributed by atoms with van der Waals surface area (Å²) in [5.41, 5.74) is -0.258. The maximum atomic E-state index is 14.0. The van der Waals surface area contributed by atoms with Gasteiger partial charge in [-0.25, -0.2) is 12.8 Å². The minimum Gasteiger partial charge on any atom is -0.379 e. The third-order valence-electron chi connectivity index (χ3n) is 3.93. The van der Waals surface area contributed by atoms with Gasteiger partial charge in [0.2, 0.25) is 10.0 Å². The van der Waals surface area contributed by atoms with E-state index in [0.29, 0.717) is 19.8 Å². The van der Waals surface area contributed by atoms with Crippen molar-refractivity contribution in [3.63, 3.8) is 0 Å². The predicted octanol–water partition coefficient (Wildman–Crippen LogP) is -0.889. The molecule has 0 aliphatic carbocycles. The monoisotopic (exact) mass is 374 g/mol. The minimum atomic E-state index is -3.77. The molecule has 0 atom stereocenters. The molecule has 1 amide bonds. The smallest absolute Gasteiger partial charge is 0.254 e. The normalized spacial score (nSPS) is 16.2. The predicted molar refractivity (Wildman–Crippen MR) is 90.6 cm³/mol. The number of amides is 1. The summed E-state index contributed by atoms with van der Waals surface area (Å²) in [5.74, 6) is -1.35. The first-order valence-electron chi connectivity index (χ1n) is 8.27. The van der Waals surface area contributed by atoms with Gasteiger partial charge in [0, 0.05) is 26.1 Å². The second kappa shape index (κ2) is 8.70. The number of hydrogen-bond donors (Lipinski definition) is 2. The van der Waals surface area contributed by atoms with Gasteiger partial charge < -0.3 is 15.0 Å². The number of nitrogens with one attached hydrogen (secondary N) is 2. The van der Waals surface area contributed by atoms with E-state index in [1.165, 1.54) is 15.3 Å². The van der Waals surface area contributed by atoms with Gasteiger partial charge in [-0.2, -0.15) is 4.31 Å². The van der Waals surface area contributed by atoms with Crippen molar-refractivity contribution >= 4 is 15.9 Å². The van der Waals surface area contributed by atoms with Gasteiger partial charge in [-0.1, -0.05) is 0 Å². The molecule has 2 N–H and O–H groups in total. The molecule has 9 heteroatoms. The number of rotatable bonds is 7. The SMILES string of the molecule is C[NH+](C)CCCNC(=O)c1cc(S(=O)(=O)N2CCOCC2)ccc1F. The van der Waals surface area contributed by atoms with Crippen LogP contribution in [0.2, 0.25) is 0 Å². The molecule has 1 aromatic rings. The van der Waals surface area contributed by atoms with E-state index < -0.39 is 21.7 Å². The summed E-state index contributed by atoms with van der Waals surface area (Å²) in [6, 6.07) is 3.31. The van der Waals surface area contributed by atoms with Crippen LogP contribution in [-0.4, -0.2) is 72.1 Å². The van der Waals surface area contributed by atoms with Crippen molar-refractivity contribution in [1.82, 2.24) is 9.62 Å². The Bertz CT molecular complexity index is 703. The van der Waals surface area contributed by atoms with Gasteiger partial charge in [0.05, 0.1) is 44.3 Å². The second-order valence-corrected chi connectivity index (χ2v) is 8.16. The summed E-state index contributed by atoms with van der Waals surface area (Å²) in [6.45, 7) is 2.41. The molecule has 0 aromatic heterocycles. The maximum Gasteiger partial charge on any atom is 0.254 e. The molecule has 25 heavy (non-hydrogen) atoms. The number of carbonyl (C=O) groups is 1. The Hall–Kier alpha value is -1.55. The van der Waals surface area contributed by atoms with Crippen LogP contribution in [-0.2, 0) is 14.8 Å². The minimum absolute atomic E-state index is 0.0846. The van der Waals surface area contributed by atoms with Crippen molar-refractivity contribution in [3.05, 3.63) is 29.6 Å². The van der Waals surface area contributed by atoms with Crippen LogP contribution in [0, 0.1) is 5.82 Å². The molecule has 2 rings (SSSR count). The lowest BCUT2D eigenvalue weighted by atomic mass is 10.2. The van der Waals surface area contributed by atoms with Gasteiger partial charge in [0.1, 0.15) is 5.82 Å². The quantitative estimate of drug-likeness (QED) is 0.607. The van der Waals surface area contributed by atoms with Crippen LogP contribution in [0.3, 0.4) is 0 Å². The largest absolute Gasteiger partial charge is 0.379 e. The van der Waals surface area contributed by atoms with Crippen LogP contribution in [0.4, 0.5) is 4.39 Å². The zero-order chi connectivity index (χ0) is 18.4. The molecule has 1 aliphatic heterocycles. The van der Waals surface area contributed by atoms with Crippen LogP contribution in [0.15, 0.2) is 23.1 Å². The van der Waals surface area contributed by atoms with E-state index in [9.17, 15) is 17.6 Å². The molecule has 1 aromatic carbocycles. The fourth-order valence-electron chi connectivity index (χ4n) is 2.51. The zero-order valence-corrected chi connectivity index (χ0v) is 15.4. The van der Waals surface area contributed by atoms with E-state index >= 15 is 0 Å². The van der Waals surface area contributed by atoms with Crippen molar-refractivity contribution in [2.45, 2.75) is 11.3 Å². The number of ether oxygens (including phenoxy) is 1. The Morgan fingerprint density at radius 1 is 1.32 bits per heavy atom. The van der Waals surface area contributed by atoms with Gasteiger partial charge >= 0.3 is 0 Å². The van der Waals surface area contributed by atoms with E-state index in [2.05, 4.69) is 5.32 Å². The van der Waals surface area contributed by atoms with E-state index in [4.69, 9.17) is 4.74 Å². The first-order valence-corrected chi connectivity index (χ1v) is 9.71. The Kier molecular flexibility index (Phi) is 6.88. The summed E-state index contributed by atoms with van der Waals surface area (Å²) in [6.07, 6.45) is 0.751. The van der Waals surface area contributed by atoms with Crippen LogP contribution >= 0.6 is 0 Å². The van der Waals surface area contributed by atoms with E-state index in [1.807, 2.05) is 14.1 Å². The molecular formula is C16H25FN3O4S+. The Morgan fingerprint density at radius 2 is 2.00 bits per heavy atom. The number of quaternary nitrogens is 1. The molecular weight excluding hydrogens is 349 g/mol. The molecule has 140 valence electrons. The fourth-order valence-corrected chi connectivity index (χ4v) is 3.95. The average Bonchev–Trinajstić information content (AvgIpc) is 2.59.